The van der Waals surface area contributed by atoms with E-state index >= 15 is 0 Å². The van der Waals surface area contributed by atoms with E-state index in [0.717, 1.165) is 58.5 Å². The number of rotatable bonds is 8. The summed E-state index contributed by atoms with van der Waals surface area (Å²) in [4.78, 5) is 11.1. The van der Waals surface area contributed by atoms with E-state index in [-0.39, 0.29) is 5.54 Å². The van der Waals surface area contributed by atoms with Gasteiger partial charge in [0.2, 0.25) is 5.95 Å². The summed E-state index contributed by atoms with van der Waals surface area (Å²) in [7, 11) is -1.15. The molecule has 0 saturated carbocycles. The standard InChI is InChI=1S/C26H34N6OS2/c1-19-18-27-25(29-21-11-9-13-23(17-21)35(33)32-14-6-5-7-15-32)30-24(19)28-20-10-8-12-22(16-20)34-31-26(2,3)4/h8-13,16-18,31H,5-7,14-15H2,1-4H3,(H2,27,28,29,30). The Kier molecular flexibility index (Phi) is 8.43. The number of nitrogens with one attached hydrogen (secondary N) is 3. The van der Waals surface area contributed by atoms with E-state index < -0.39 is 11.0 Å². The molecule has 2 heterocycles. The zero-order valence-corrected chi connectivity index (χ0v) is 22.4. The lowest BCUT2D eigenvalue weighted by molar-refractivity contribution is 0.365. The fourth-order valence-electron chi connectivity index (χ4n) is 3.61. The summed E-state index contributed by atoms with van der Waals surface area (Å²) >= 11 is 1.61. The van der Waals surface area contributed by atoms with E-state index in [9.17, 15) is 4.21 Å². The monoisotopic (exact) mass is 510 g/mol. The van der Waals surface area contributed by atoms with Crippen molar-refractivity contribution in [1.29, 1.82) is 0 Å². The molecule has 0 bridgehead atoms. The SMILES string of the molecule is Cc1cnc(Nc2cccc(S(=O)N3CCCCC3)c2)nc1Nc1cccc(SNC(C)(C)C)c1. The van der Waals surface area contributed by atoms with Crippen LogP contribution in [0.5, 0.6) is 0 Å². The highest BCUT2D eigenvalue weighted by Crippen LogP contribution is 2.26. The molecule has 1 aromatic heterocycles. The van der Waals surface area contributed by atoms with Crippen molar-refractivity contribution in [3.8, 4) is 0 Å². The van der Waals surface area contributed by atoms with Crippen molar-refractivity contribution in [3.05, 3.63) is 60.3 Å². The molecule has 1 aliphatic rings. The summed E-state index contributed by atoms with van der Waals surface area (Å²) in [5.41, 5.74) is 2.74. The third-order valence-corrected chi connectivity index (χ3v) is 8.08. The number of hydrogen-bond donors (Lipinski definition) is 3. The van der Waals surface area contributed by atoms with Crippen molar-refractivity contribution >= 4 is 46.1 Å². The first-order valence-electron chi connectivity index (χ1n) is 12.0. The molecule has 35 heavy (non-hydrogen) atoms. The second-order valence-electron chi connectivity index (χ2n) is 9.72. The fraction of sp³-hybridized carbons (Fsp3) is 0.385. The molecule has 0 radical (unpaired) electrons. The van der Waals surface area contributed by atoms with Crippen molar-refractivity contribution in [2.75, 3.05) is 23.7 Å². The number of aromatic nitrogens is 2. The Hall–Kier alpha value is -2.46. The van der Waals surface area contributed by atoms with Gasteiger partial charge in [-0.2, -0.15) is 4.98 Å². The smallest absolute Gasteiger partial charge is 0.229 e. The molecule has 1 aliphatic heterocycles. The molecular formula is C26H34N6OS2. The van der Waals surface area contributed by atoms with Crippen LogP contribution in [-0.2, 0) is 11.0 Å². The van der Waals surface area contributed by atoms with E-state index in [1.165, 1.54) is 6.42 Å². The first kappa shape index (κ1) is 25.6. The minimum Gasteiger partial charge on any atom is -0.340 e. The lowest BCUT2D eigenvalue weighted by atomic mass is 10.1. The molecule has 1 atom stereocenters. The molecule has 1 unspecified atom stereocenters. The summed E-state index contributed by atoms with van der Waals surface area (Å²) in [6.45, 7) is 10.2. The Morgan fingerprint density at radius 1 is 0.971 bits per heavy atom. The summed E-state index contributed by atoms with van der Waals surface area (Å²) in [5.74, 6) is 1.22. The van der Waals surface area contributed by atoms with Gasteiger partial charge in [-0.25, -0.2) is 13.5 Å². The van der Waals surface area contributed by atoms with Crippen LogP contribution in [0.25, 0.3) is 0 Å². The largest absolute Gasteiger partial charge is 0.340 e. The average Bonchev–Trinajstić information content (AvgIpc) is 2.85. The van der Waals surface area contributed by atoms with Crippen LogP contribution in [0.3, 0.4) is 0 Å². The molecule has 3 aromatic rings. The van der Waals surface area contributed by atoms with Crippen LogP contribution in [0.4, 0.5) is 23.1 Å². The second-order valence-corrected chi connectivity index (χ2v) is 12.1. The van der Waals surface area contributed by atoms with E-state index in [1.54, 1.807) is 18.1 Å². The molecule has 186 valence electrons. The van der Waals surface area contributed by atoms with Crippen molar-refractivity contribution in [3.63, 3.8) is 0 Å². The molecule has 9 heteroatoms. The zero-order valence-electron chi connectivity index (χ0n) is 20.8. The van der Waals surface area contributed by atoms with Gasteiger partial charge >= 0.3 is 0 Å². The number of nitrogens with zero attached hydrogens (tertiary/aromatic N) is 3. The molecule has 0 amide bonds. The van der Waals surface area contributed by atoms with Crippen LogP contribution >= 0.6 is 11.9 Å². The first-order chi connectivity index (χ1) is 16.8. The fourth-order valence-corrected chi connectivity index (χ4v) is 5.67. The predicted octanol–water partition coefficient (Wildman–Crippen LogP) is 6.18. The lowest BCUT2D eigenvalue weighted by Crippen LogP contribution is -2.31. The van der Waals surface area contributed by atoms with Gasteiger partial charge in [-0.3, -0.25) is 4.72 Å². The van der Waals surface area contributed by atoms with Crippen LogP contribution in [0, 0.1) is 6.92 Å². The van der Waals surface area contributed by atoms with Crippen molar-refractivity contribution in [2.45, 2.75) is 62.3 Å². The number of aryl methyl sites for hydroxylation is 1. The summed E-state index contributed by atoms with van der Waals surface area (Å²) < 4.78 is 18.5. The quantitative estimate of drug-likeness (QED) is 0.312. The van der Waals surface area contributed by atoms with Crippen LogP contribution in [0.2, 0.25) is 0 Å². The normalized spacial score (nSPS) is 15.5. The Balaban J connectivity index is 1.46. The number of piperidine rings is 1. The third-order valence-electron chi connectivity index (χ3n) is 5.38. The molecule has 7 nitrogen and oxygen atoms in total. The number of benzene rings is 2. The Labute approximate surface area is 215 Å². The molecule has 1 fully saturated rings. The van der Waals surface area contributed by atoms with Crippen molar-refractivity contribution < 1.29 is 4.21 Å². The van der Waals surface area contributed by atoms with Gasteiger partial charge in [0.1, 0.15) is 16.8 Å². The predicted molar refractivity (Wildman–Crippen MR) is 147 cm³/mol. The molecule has 4 rings (SSSR count). The van der Waals surface area contributed by atoms with E-state index in [4.69, 9.17) is 4.98 Å². The van der Waals surface area contributed by atoms with Crippen LogP contribution in [0.1, 0.15) is 45.6 Å². The molecule has 2 aromatic carbocycles. The maximum atomic E-state index is 13.0. The number of hydrogen-bond acceptors (Lipinski definition) is 7. The van der Waals surface area contributed by atoms with Gasteiger partial charge in [0, 0.05) is 46.7 Å². The molecule has 3 N–H and O–H groups in total. The average molecular weight is 511 g/mol. The van der Waals surface area contributed by atoms with Crippen LogP contribution in [-0.4, -0.2) is 37.1 Å². The van der Waals surface area contributed by atoms with Gasteiger partial charge < -0.3 is 10.6 Å². The van der Waals surface area contributed by atoms with Gasteiger partial charge in [0.25, 0.3) is 0 Å². The molecule has 0 spiro atoms. The van der Waals surface area contributed by atoms with Gasteiger partial charge in [0.05, 0.1) is 4.90 Å². The Morgan fingerprint density at radius 3 is 2.43 bits per heavy atom. The first-order valence-corrected chi connectivity index (χ1v) is 13.9. The molecular weight excluding hydrogens is 476 g/mol. The van der Waals surface area contributed by atoms with Crippen molar-refractivity contribution in [2.24, 2.45) is 0 Å². The van der Waals surface area contributed by atoms with E-state index in [0.29, 0.717) is 5.95 Å². The van der Waals surface area contributed by atoms with Crippen LogP contribution in [0.15, 0.2) is 64.5 Å². The second kappa shape index (κ2) is 11.5. The van der Waals surface area contributed by atoms with Gasteiger partial charge in [-0.1, -0.05) is 18.6 Å². The summed E-state index contributed by atoms with van der Waals surface area (Å²) in [5, 5.41) is 6.70. The van der Waals surface area contributed by atoms with Gasteiger partial charge in [0.15, 0.2) is 0 Å². The number of anilines is 4. The van der Waals surface area contributed by atoms with Crippen molar-refractivity contribution in [1.82, 2.24) is 19.0 Å². The zero-order chi connectivity index (χ0) is 24.8. The minimum atomic E-state index is -1.15. The highest BCUT2D eigenvalue weighted by molar-refractivity contribution is 7.97. The Bertz CT molecular complexity index is 1170. The topological polar surface area (TPSA) is 82.2 Å². The molecule has 1 saturated heterocycles. The highest BCUT2D eigenvalue weighted by Gasteiger charge is 2.18. The minimum absolute atomic E-state index is 0.0234. The van der Waals surface area contributed by atoms with Gasteiger partial charge in [-0.15, -0.1) is 0 Å². The highest BCUT2D eigenvalue weighted by atomic mass is 32.2. The van der Waals surface area contributed by atoms with Crippen LogP contribution < -0.4 is 15.4 Å². The maximum absolute atomic E-state index is 13.0. The summed E-state index contributed by atoms with van der Waals surface area (Å²) in [6, 6.07) is 15.9. The third kappa shape index (κ3) is 7.51. The molecule has 0 aliphatic carbocycles. The maximum Gasteiger partial charge on any atom is 0.229 e. The Morgan fingerprint density at radius 2 is 1.69 bits per heavy atom. The van der Waals surface area contributed by atoms with E-state index in [1.807, 2.05) is 43.3 Å². The summed E-state index contributed by atoms with van der Waals surface area (Å²) in [6.07, 6.45) is 5.22. The lowest BCUT2D eigenvalue weighted by Gasteiger charge is -2.25. The van der Waals surface area contributed by atoms with Gasteiger partial charge in [-0.05, 0) is 88.9 Å². The van der Waals surface area contributed by atoms with E-state index in [2.05, 4.69) is 57.5 Å².